The van der Waals surface area contributed by atoms with E-state index in [-0.39, 0.29) is 17.6 Å². The third-order valence-corrected chi connectivity index (χ3v) is 6.71. The quantitative estimate of drug-likeness (QED) is 0.318. The zero-order valence-corrected chi connectivity index (χ0v) is 20.1. The minimum atomic E-state index is -0.0723. The highest BCUT2D eigenvalue weighted by Crippen LogP contribution is 2.31. The minimum absolute atomic E-state index is 0.0723. The van der Waals surface area contributed by atoms with Crippen LogP contribution >= 0.6 is 35.0 Å². The van der Waals surface area contributed by atoms with Gasteiger partial charge in [0.15, 0.2) is 11.0 Å². The second-order valence-electron chi connectivity index (χ2n) is 7.38. The molecule has 0 spiro atoms. The van der Waals surface area contributed by atoms with Gasteiger partial charge in [-0.3, -0.25) is 14.3 Å². The fourth-order valence-electron chi connectivity index (χ4n) is 3.26. The fraction of sp³-hybridized carbons (Fsp3) is 0.167. The van der Waals surface area contributed by atoms with Crippen LogP contribution in [0.1, 0.15) is 18.4 Å². The predicted molar refractivity (Wildman–Crippen MR) is 133 cm³/mol. The molecule has 4 aromatic rings. The first kappa shape index (κ1) is 23.3. The number of nitrogens with zero attached hydrogens (tertiary/aromatic N) is 4. The Morgan fingerprint density at radius 1 is 1.03 bits per heavy atom. The highest BCUT2D eigenvalue weighted by atomic mass is 35.5. The zero-order valence-electron chi connectivity index (χ0n) is 17.8. The SMILES string of the molecule is CC(CNC(=O)CSc1nnc(-c2ccncc2)n1-c1ccc(Cl)c(Cl)c1)c1ccccc1. The smallest absolute Gasteiger partial charge is 0.230 e. The van der Waals surface area contributed by atoms with Crippen molar-refractivity contribution in [1.82, 2.24) is 25.1 Å². The van der Waals surface area contributed by atoms with E-state index in [0.717, 1.165) is 11.3 Å². The second kappa shape index (κ2) is 10.8. The van der Waals surface area contributed by atoms with Gasteiger partial charge in [-0.15, -0.1) is 10.2 Å². The fourth-order valence-corrected chi connectivity index (χ4v) is 4.33. The number of carbonyl (C=O) groups excluding carboxylic acids is 1. The van der Waals surface area contributed by atoms with Crippen molar-refractivity contribution in [2.24, 2.45) is 0 Å². The van der Waals surface area contributed by atoms with Gasteiger partial charge in [0, 0.05) is 24.5 Å². The number of hydrogen-bond acceptors (Lipinski definition) is 5. The molecule has 4 rings (SSSR count). The summed E-state index contributed by atoms with van der Waals surface area (Å²) < 4.78 is 1.86. The normalized spacial score (nSPS) is 11.8. The van der Waals surface area contributed by atoms with Gasteiger partial charge in [0.05, 0.1) is 21.5 Å². The van der Waals surface area contributed by atoms with Crippen LogP contribution < -0.4 is 5.32 Å². The number of aromatic nitrogens is 4. The van der Waals surface area contributed by atoms with E-state index in [9.17, 15) is 4.79 Å². The number of nitrogens with one attached hydrogen (secondary N) is 1. The first-order chi connectivity index (χ1) is 16.0. The molecule has 168 valence electrons. The van der Waals surface area contributed by atoms with Crippen molar-refractivity contribution in [2.45, 2.75) is 18.0 Å². The number of pyridine rings is 1. The predicted octanol–water partition coefficient (Wildman–Crippen LogP) is 5.65. The molecule has 0 aliphatic heterocycles. The Bertz CT molecular complexity index is 1230. The lowest BCUT2D eigenvalue weighted by Crippen LogP contribution is -2.29. The van der Waals surface area contributed by atoms with Crippen LogP contribution in [-0.4, -0.2) is 38.0 Å². The summed E-state index contributed by atoms with van der Waals surface area (Å²) in [6.07, 6.45) is 3.38. The molecule has 2 heterocycles. The number of thioether (sulfide) groups is 1. The van der Waals surface area contributed by atoms with Gasteiger partial charge in [-0.05, 0) is 41.8 Å². The molecule has 1 unspecified atom stereocenters. The molecule has 0 saturated carbocycles. The average Bonchev–Trinajstić information content (AvgIpc) is 3.28. The Balaban J connectivity index is 1.51. The lowest BCUT2D eigenvalue weighted by Gasteiger charge is -2.13. The molecular weight excluding hydrogens is 477 g/mol. The summed E-state index contributed by atoms with van der Waals surface area (Å²) in [6, 6.07) is 19.1. The summed E-state index contributed by atoms with van der Waals surface area (Å²) in [5.74, 6) is 0.976. The van der Waals surface area contributed by atoms with Crippen LogP contribution in [-0.2, 0) is 4.79 Å². The van der Waals surface area contributed by atoms with E-state index >= 15 is 0 Å². The average molecular weight is 498 g/mol. The number of rotatable bonds is 8. The lowest BCUT2D eigenvalue weighted by atomic mass is 10.0. The summed E-state index contributed by atoms with van der Waals surface area (Å²) in [6.45, 7) is 2.65. The maximum atomic E-state index is 12.5. The molecule has 9 heteroatoms. The van der Waals surface area contributed by atoms with Crippen LogP contribution in [0.3, 0.4) is 0 Å². The number of hydrogen-bond donors (Lipinski definition) is 1. The minimum Gasteiger partial charge on any atom is -0.355 e. The van der Waals surface area contributed by atoms with Crippen molar-refractivity contribution < 1.29 is 4.79 Å². The zero-order chi connectivity index (χ0) is 23.2. The molecule has 33 heavy (non-hydrogen) atoms. The molecule has 0 saturated heterocycles. The summed E-state index contributed by atoms with van der Waals surface area (Å²) in [7, 11) is 0. The van der Waals surface area contributed by atoms with Gasteiger partial charge < -0.3 is 5.32 Å². The first-order valence-corrected chi connectivity index (χ1v) is 12.0. The molecule has 1 amide bonds. The number of carbonyl (C=O) groups is 1. The largest absolute Gasteiger partial charge is 0.355 e. The molecule has 0 radical (unpaired) electrons. The third-order valence-electron chi connectivity index (χ3n) is 5.04. The number of amides is 1. The van der Waals surface area contributed by atoms with Gasteiger partial charge in [-0.1, -0.05) is 72.2 Å². The van der Waals surface area contributed by atoms with Crippen molar-refractivity contribution in [2.75, 3.05) is 12.3 Å². The highest BCUT2D eigenvalue weighted by Gasteiger charge is 2.18. The van der Waals surface area contributed by atoms with Crippen molar-refractivity contribution >= 4 is 40.9 Å². The highest BCUT2D eigenvalue weighted by molar-refractivity contribution is 7.99. The molecule has 0 fully saturated rings. The monoisotopic (exact) mass is 497 g/mol. The van der Waals surface area contributed by atoms with Crippen LogP contribution in [0.25, 0.3) is 17.1 Å². The summed E-state index contributed by atoms with van der Waals surface area (Å²) in [4.78, 5) is 16.6. The Labute approximate surface area is 206 Å². The van der Waals surface area contributed by atoms with Crippen molar-refractivity contribution in [3.8, 4) is 17.1 Å². The maximum absolute atomic E-state index is 12.5. The van der Waals surface area contributed by atoms with E-state index < -0.39 is 0 Å². The molecule has 1 N–H and O–H groups in total. The molecule has 0 bridgehead atoms. The summed E-state index contributed by atoms with van der Waals surface area (Å²) in [5, 5.41) is 13.2. The van der Waals surface area contributed by atoms with Gasteiger partial charge in [0.1, 0.15) is 0 Å². The van der Waals surface area contributed by atoms with E-state index in [1.54, 1.807) is 24.5 Å². The molecule has 6 nitrogen and oxygen atoms in total. The molecule has 2 aromatic heterocycles. The number of halogens is 2. The van der Waals surface area contributed by atoms with Gasteiger partial charge in [-0.2, -0.15) is 0 Å². The Hall–Kier alpha value is -2.87. The first-order valence-electron chi connectivity index (χ1n) is 10.3. The van der Waals surface area contributed by atoms with Crippen LogP contribution in [0.5, 0.6) is 0 Å². The molecule has 1 atom stereocenters. The molecular formula is C24H21Cl2N5OS. The van der Waals surface area contributed by atoms with Crippen LogP contribution in [0.15, 0.2) is 78.2 Å². The Morgan fingerprint density at radius 3 is 2.52 bits per heavy atom. The van der Waals surface area contributed by atoms with E-state index in [4.69, 9.17) is 23.2 Å². The molecule has 0 aliphatic rings. The standard InChI is InChI=1S/C24H21Cl2N5OS/c1-16(17-5-3-2-4-6-17)14-28-22(32)15-33-24-30-29-23(18-9-11-27-12-10-18)31(24)19-7-8-20(25)21(26)13-19/h2-13,16H,14-15H2,1H3,(H,28,32). The van der Waals surface area contributed by atoms with Crippen LogP contribution in [0.4, 0.5) is 0 Å². The Morgan fingerprint density at radius 2 is 1.79 bits per heavy atom. The van der Waals surface area contributed by atoms with E-state index in [2.05, 4.69) is 39.6 Å². The van der Waals surface area contributed by atoms with Gasteiger partial charge in [0.2, 0.25) is 5.91 Å². The van der Waals surface area contributed by atoms with Gasteiger partial charge in [-0.25, -0.2) is 0 Å². The lowest BCUT2D eigenvalue weighted by molar-refractivity contribution is -0.118. The van der Waals surface area contributed by atoms with Crippen molar-refractivity contribution in [1.29, 1.82) is 0 Å². The van der Waals surface area contributed by atoms with E-state index in [1.165, 1.54) is 17.3 Å². The van der Waals surface area contributed by atoms with Gasteiger partial charge >= 0.3 is 0 Å². The topological polar surface area (TPSA) is 72.7 Å². The van der Waals surface area contributed by atoms with Gasteiger partial charge in [0.25, 0.3) is 0 Å². The van der Waals surface area contributed by atoms with E-state index in [0.29, 0.717) is 27.6 Å². The van der Waals surface area contributed by atoms with Crippen molar-refractivity contribution in [3.05, 3.63) is 88.7 Å². The molecule has 0 aliphatic carbocycles. The Kier molecular flexibility index (Phi) is 7.65. The van der Waals surface area contributed by atoms with E-state index in [1.807, 2.05) is 41.0 Å². The maximum Gasteiger partial charge on any atom is 0.230 e. The summed E-state index contributed by atoms with van der Waals surface area (Å²) >= 11 is 13.7. The van der Waals surface area contributed by atoms with Crippen LogP contribution in [0.2, 0.25) is 10.0 Å². The van der Waals surface area contributed by atoms with Crippen molar-refractivity contribution in [3.63, 3.8) is 0 Å². The molecule has 2 aromatic carbocycles. The second-order valence-corrected chi connectivity index (χ2v) is 9.14. The summed E-state index contributed by atoms with van der Waals surface area (Å²) in [5.41, 5.74) is 2.78. The number of benzene rings is 2. The van der Waals surface area contributed by atoms with Crippen LogP contribution in [0, 0.1) is 0 Å². The third kappa shape index (κ3) is 5.74.